The second-order valence-electron chi connectivity index (χ2n) is 2.43. The van der Waals surface area contributed by atoms with Gasteiger partial charge >= 0.3 is 0 Å². The molecule has 0 aromatic heterocycles. The fraction of sp³-hybridized carbons (Fsp3) is 1.00. The van der Waals surface area contributed by atoms with E-state index in [-0.39, 0.29) is 0 Å². The Bertz CT molecular complexity index is 48.5. The number of hydrogen-bond acceptors (Lipinski definition) is 0. The Morgan fingerprint density at radius 2 is 1.40 bits per heavy atom. The fourth-order valence-electron chi connectivity index (χ4n) is 0.289. The smallest absolute Gasteiger partial charge is 0.0279 e. The van der Waals surface area contributed by atoms with Crippen molar-refractivity contribution in [2.45, 2.75) is 50.7 Å². The van der Waals surface area contributed by atoms with Gasteiger partial charge in [-0.1, -0.05) is 29.8 Å². The molecule has 0 aliphatic rings. The number of hydrogen-bond donors (Lipinski definition) is 0. The molecule has 0 fully saturated rings. The van der Waals surface area contributed by atoms with Gasteiger partial charge in [-0.25, -0.2) is 0 Å². The van der Waals surface area contributed by atoms with Crippen molar-refractivity contribution >= 4 is 27.5 Å². The zero-order valence-electron chi connectivity index (χ0n) is 7.32. The molecule has 0 aromatic rings. The molecule has 2 heteroatoms. The topological polar surface area (TPSA) is 0 Å². The molecule has 0 aliphatic carbocycles. The molecule has 0 unspecified atom stereocenters. The van der Waals surface area contributed by atoms with E-state index < -0.39 is 0 Å². The number of halogens is 2. The van der Waals surface area contributed by atoms with Crippen LogP contribution in [0, 0.1) is 0 Å². The van der Waals surface area contributed by atoms with Gasteiger partial charge in [0, 0.05) is 10.2 Å². The standard InChI is InChI=1S/C5H11Br.C3H7Cl/c1-3-5(6)4-2;1-3(2)4/h5H,3-4H2,1-2H3;3H,1-2H3. The summed E-state index contributed by atoms with van der Waals surface area (Å²) in [5.74, 6) is 0. The van der Waals surface area contributed by atoms with E-state index in [1.54, 1.807) is 0 Å². The predicted octanol–water partition coefficient (Wildman–Crippen LogP) is 4.20. The van der Waals surface area contributed by atoms with Gasteiger partial charge < -0.3 is 0 Å². The van der Waals surface area contributed by atoms with Gasteiger partial charge in [-0.3, -0.25) is 0 Å². The summed E-state index contributed by atoms with van der Waals surface area (Å²) in [5, 5.41) is 0.306. The Balaban J connectivity index is 0. The molecule has 0 aliphatic heterocycles. The van der Waals surface area contributed by atoms with Crippen LogP contribution in [0.15, 0.2) is 0 Å². The summed E-state index contributed by atoms with van der Waals surface area (Å²) in [6.07, 6.45) is 2.49. The van der Waals surface area contributed by atoms with Gasteiger partial charge in [0.05, 0.1) is 0 Å². The van der Waals surface area contributed by atoms with Gasteiger partial charge in [0.15, 0.2) is 0 Å². The average Bonchev–Trinajstić information content (AvgIpc) is 1.85. The zero-order chi connectivity index (χ0) is 8.57. The Labute approximate surface area is 78.5 Å². The highest BCUT2D eigenvalue weighted by Crippen LogP contribution is 2.06. The van der Waals surface area contributed by atoms with Crippen LogP contribution in [0.2, 0.25) is 0 Å². The molecule has 0 rings (SSSR count). The summed E-state index contributed by atoms with van der Waals surface area (Å²) in [7, 11) is 0. The minimum atomic E-state index is 0.306. The van der Waals surface area contributed by atoms with Gasteiger partial charge in [-0.15, -0.1) is 11.6 Å². The monoisotopic (exact) mass is 228 g/mol. The van der Waals surface area contributed by atoms with Crippen LogP contribution in [-0.4, -0.2) is 10.2 Å². The van der Waals surface area contributed by atoms with E-state index >= 15 is 0 Å². The highest BCUT2D eigenvalue weighted by atomic mass is 79.9. The minimum absolute atomic E-state index is 0.306. The summed E-state index contributed by atoms with van der Waals surface area (Å²) >= 11 is 8.75. The van der Waals surface area contributed by atoms with Crippen LogP contribution in [0.25, 0.3) is 0 Å². The molecule has 0 saturated carbocycles. The van der Waals surface area contributed by atoms with Crippen LogP contribution in [0.3, 0.4) is 0 Å². The first-order chi connectivity index (χ1) is 4.54. The maximum atomic E-state index is 5.27. The first-order valence-electron chi connectivity index (χ1n) is 3.82. The Hall–Kier alpha value is 0.770. The Morgan fingerprint density at radius 3 is 1.40 bits per heavy atom. The lowest BCUT2D eigenvalue weighted by Crippen LogP contribution is -1.88. The van der Waals surface area contributed by atoms with Crippen LogP contribution in [0.5, 0.6) is 0 Å². The van der Waals surface area contributed by atoms with Gasteiger partial charge in [-0.05, 0) is 26.7 Å². The van der Waals surface area contributed by atoms with Gasteiger partial charge in [0.1, 0.15) is 0 Å². The first-order valence-corrected chi connectivity index (χ1v) is 5.17. The van der Waals surface area contributed by atoms with E-state index in [2.05, 4.69) is 29.8 Å². The van der Waals surface area contributed by atoms with Crippen molar-refractivity contribution in [3.8, 4) is 0 Å². The quantitative estimate of drug-likeness (QED) is 0.623. The van der Waals surface area contributed by atoms with E-state index in [0.29, 0.717) is 5.38 Å². The Kier molecular flexibility index (Phi) is 13.1. The predicted molar refractivity (Wildman–Crippen MR) is 54.3 cm³/mol. The van der Waals surface area contributed by atoms with E-state index in [1.165, 1.54) is 12.8 Å². The summed E-state index contributed by atoms with van der Waals surface area (Å²) in [5.41, 5.74) is 0. The van der Waals surface area contributed by atoms with Crippen molar-refractivity contribution in [1.29, 1.82) is 0 Å². The van der Waals surface area contributed by atoms with Crippen LogP contribution < -0.4 is 0 Å². The second kappa shape index (κ2) is 9.77. The number of rotatable bonds is 2. The molecule has 0 amide bonds. The highest BCUT2D eigenvalue weighted by molar-refractivity contribution is 9.09. The lowest BCUT2D eigenvalue weighted by molar-refractivity contribution is 0.806. The lowest BCUT2D eigenvalue weighted by Gasteiger charge is -1.96. The van der Waals surface area contributed by atoms with Crippen molar-refractivity contribution in [2.75, 3.05) is 0 Å². The van der Waals surface area contributed by atoms with Gasteiger partial charge in [0.2, 0.25) is 0 Å². The summed E-state index contributed by atoms with van der Waals surface area (Å²) < 4.78 is 0. The molecule has 10 heavy (non-hydrogen) atoms. The van der Waals surface area contributed by atoms with Gasteiger partial charge in [0.25, 0.3) is 0 Å². The molecular formula is C8H18BrCl. The van der Waals surface area contributed by atoms with Crippen LogP contribution in [0.4, 0.5) is 0 Å². The third-order valence-electron chi connectivity index (χ3n) is 0.886. The third kappa shape index (κ3) is 23.3. The van der Waals surface area contributed by atoms with E-state index in [9.17, 15) is 0 Å². The van der Waals surface area contributed by atoms with E-state index in [4.69, 9.17) is 11.6 Å². The molecule has 0 N–H and O–H groups in total. The molecular weight excluding hydrogens is 211 g/mol. The molecule has 0 saturated heterocycles. The van der Waals surface area contributed by atoms with Gasteiger partial charge in [-0.2, -0.15) is 0 Å². The molecule has 0 nitrogen and oxygen atoms in total. The van der Waals surface area contributed by atoms with Crippen molar-refractivity contribution < 1.29 is 0 Å². The SMILES string of the molecule is CC(C)Cl.CCC(Br)CC. The lowest BCUT2D eigenvalue weighted by atomic mass is 10.3. The zero-order valence-corrected chi connectivity index (χ0v) is 9.67. The van der Waals surface area contributed by atoms with Crippen LogP contribution in [0.1, 0.15) is 40.5 Å². The van der Waals surface area contributed by atoms with E-state index in [1.807, 2.05) is 13.8 Å². The minimum Gasteiger partial charge on any atom is -0.124 e. The maximum Gasteiger partial charge on any atom is 0.0279 e. The molecule has 0 spiro atoms. The van der Waals surface area contributed by atoms with Crippen molar-refractivity contribution in [3.05, 3.63) is 0 Å². The Morgan fingerprint density at radius 1 is 1.20 bits per heavy atom. The summed E-state index contributed by atoms with van der Waals surface area (Å²) in [4.78, 5) is 0.748. The summed E-state index contributed by atoms with van der Waals surface area (Å²) in [6.45, 7) is 8.23. The number of alkyl halides is 2. The molecule has 0 bridgehead atoms. The maximum absolute atomic E-state index is 5.27. The van der Waals surface area contributed by atoms with Crippen LogP contribution >= 0.6 is 27.5 Å². The third-order valence-corrected chi connectivity index (χ3v) is 2.18. The van der Waals surface area contributed by atoms with Crippen molar-refractivity contribution in [3.63, 3.8) is 0 Å². The fourth-order valence-corrected chi connectivity index (χ4v) is 0.289. The summed E-state index contributed by atoms with van der Waals surface area (Å²) in [6, 6.07) is 0. The molecule has 0 aromatic carbocycles. The normalized spacial score (nSPS) is 9.60. The highest BCUT2D eigenvalue weighted by Gasteiger charge is 1.91. The second-order valence-corrected chi connectivity index (χ2v) is 4.60. The molecule has 64 valence electrons. The largest absolute Gasteiger partial charge is 0.124 e. The van der Waals surface area contributed by atoms with Crippen molar-refractivity contribution in [2.24, 2.45) is 0 Å². The molecule has 0 atom stereocenters. The average molecular weight is 230 g/mol. The van der Waals surface area contributed by atoms with Crippen LogP contribution in [-0.2, 0) is 0 Å². The molecule has 0 radical (unpaired) electrons. The first kappa shape index (κ1) is 13.4. The molecule has 0 heterocycles. The van der Waals surface area contributed by atoms with E-state index in [0.717, 1.165) is 4.83 Å². The van der Waals surface area contributed by atoms with Crippen molar-refractivity contribution in [1.82, 2.24) is 0 Å².